The summed E-state index contributed by atoms with van der Waals surface area (Å²) in [6, 6.07) is 8.18. The van der Waals surface area contributed by atoms with Gasteiger partial charge in [0.25, 0.3) is 0 Å². The van der Waals surface area contributed by atoms with Gasteiger partial charge in [-0.15, -0.1) is 0 Å². The van der Waals surface area contributed by atoms with Crippen LogP contribution in [0.15, 0.2) is 24.3 Å². The molecule has 1 unspecified atom stereocenters. The third-order valence-corrected chi connectivity index (χ3v) is 2.87. The van der Waals surface area contributed by atoms with Gasteiger partial charge in [-0.25, -0.2) is 9.97 Å². The molecule has 2 rings (SSSR count). The average molecular weight is 244 g/mol. The van der Waals surface area contributed by atoms with Crippen LogP contribution in [0, 0.1) is 6.92 Å². The Bertz CT molecular complexity index is 522. The standard InChI is InChI=1S/C14H20N4/c1-10(15)6-5-9-16-14-11(2)17-12-7-3-4-8-13(12)18-14/h3-4,7-8,10H,5-6,9,15H2,1-2H3,(H,16,18). The van der Waals surface area contributed by atoms with Crippen LogP contribution in [0.4, 0.5) is 5.82 Å². The maximum absolute atomic E-state index is 5.72. The Balaban J connectivity index is 2.06. The molecule has 3 N–H and O–H groups in total. The Kier molecular flexibility index (Phi) is 4.10. The van der Waals surface area contributed by atoms with Gasteiger partial charge >= 0.3 is 0 Å². The van der Waals surface area contributed by atoms with Gasteiger partial charge in [-0.05, 0) is 38.8 Å². The number of para-hydroxylation sites is 2. The lowest BCUT2D eigenvalue weighted by Crippen LogP contribution is -2.16. The summed E-state index contributed by atoms with van der Waals surface area (Å²) in [5.41, 5.74) is 8.53. The first-order valence-corrected chi connectivity index (χ1v) is 6.39. The molecule has 0 fully saturated rings. The van der Waals surface area contributed by atoms with Crippen LogP contribution in [0.5, 0.6) is 0 Å². The van der Waals surface area contributed by atoms with Crippen molar-refractivity contribution < 1.29 is 0 Å². The fraction of sp³-hybridized carbons (Fsp3) is 0.429. The lowest BCUT2D eigenvalue weighted by atomic mass is 10.2. The zero-order valence-corrected chi connectivity index (χ0v) is 11.0. The number of nitrogens with two attached hydrogens (primary N) is 1. The Morgan fingerprint density at radius 3 is 2.56 bits per heavy atom. The van der Waals surface area contributed by atoms with Gasteiger partial charge in [0.1, 0.15) is 5.82 Å². The van der Waals surface area contributed by atoms with Crippen LogP contribution in [-0.4, -0.2) is 22.6 Å². The van der Waals surface area contributed by atoms with E-state index in [1.165, 1.54) is 0 Å². The van der Waals surface area contributed by atoms with Crippen LogP contribution in [0.2, 0.25) is 0 Å². The van der Waals surface area contributed by atoms with Crippen LogP contribution >= 0.6 is 0 Å². The number of nitrogens with one attached hydrogen (secondary N) is 1. The van der Waals surface area contributed by atoms with Crippen molar-refractivity contribution in [2.75, 3.05) is 11.9 Å². The topological polar surface area (TPSA) is 63.8 Å². The van der Waals surface area contributed by atoms with E-state index in [9.17, 15) is 0 Å². The summed E-state index contributed by atoms with van der Waals surface area (Å²) >= 11 is 0. The van der Waals surface area contributed by atoms with Crippen LogP contribution in [0.25, 0.3) is 11.0 Å². The van der Waals surface area contributed by atoms with Gasteiger partial charge in [0.05, 0.1) is 16.7 Å². The summed E-state index contributed by atoms with van der Waals surface area (Å²) in [5, 5.41) is 3.33. The number of aryl methyl sites for hydroxylation is 1. The SMILES string of the molecule is Cc1nc2ccccc2nc1NCCCC(C)N. The van der Waals surface area contributed by atoms with E-state index in [1.807, 2.05) is 38.1 Å². The molecule has 4 heteroatoms. The van der Waals surface area contributed by atoms with Crippen LogP contribution in [0.1, 0.15) is 25.5 Å². The van der Waals surface area contributed by atoms with Gasteiger partial charge in [0.15, 0.2) is 0 Å². The Morgan fingerprint density at radius 1 is 1.22 bits per heavy atom. The number of rotatable bonds is 5. The lowest BCUT2D eigenvalue weighted by molar-refractivity contribution is 0.638. The molecule has 0 aliphatic carbocycles. The van der Waals surface area contributed by atoms with Crippen molar-refractivity contribution in [2.24, 2.45) is 5.73 Å². The number of nitrogens with zero attached hydrogens (tertiary/aromatic N) is 2. The van der Waals surface area contributed by atoms with Gasteiger partial charge in [-0.2, -0.15) is 0 Å². The van der Waals surface area contributed by atoms with Crippen molar-refractivity contribution in [1.29, 1.82) is 0 Å². The largest absolute Gasteiger partial charge is 0.369 e. The molecule has 18 heavy (non-hydrogen) atoms. The third-order valence-electron chi connectivity index (χ3n) is 2.87. The quantitative estimate of drug-likeness (QED) is 0.793. The first-order valence-electron chi connectivity index (χ1n) is 6.39. The van der Waals surface area contributed by atoms with Crippen molar-refractivity contribution in [2.45, 2.75) is 32.7 Å². The predicted octanol–water partition coefficient (Wildman–Crippen LogP) is 2.48. The highest BCUT2D eigenvalue weighted by Gasteiger charge is 2.04. The molecule has 1 atom stereocenters. The first-order chi connectivity index (χ1) is 8.66. The van der Waals surface area contributed by atoms with E-state index >= 15 is 0 Å². The molecular formula is C14H20N4. The number of benzene rings is 1. The molecule has 0 spiro atoms. The highest BCUT2D eigenvalue weighted by molar-refractivity contribution is 5.76. The zero-order chi connectivity index (χ0) is 13.0. The molecule has 0 amide bonds. The predicted molar refractivity (Wildman–Crippen MR) is 75.6 cm³/mol. The molecule has 2 aromatic rings. The second-order valence-electron chi connectivity index (χ2n) is 4.69. The second-order valence-corrected chi connectivity index (χ2v) is 4.69. The van der Waals surface area contributed by atoms with E-state index < -0.39 is 0 Å². The van der Waals surface area contributed by atoms with Crippen LogP contribution in [0.3, 0.4) is 0 Å². The second kappa shape index (κ2) is 5.78. The van der Waals surface area contributed by atoms with E-state index in [-0.39, 0.29) is 6.04 Å². The average Bonchev–Trinajstić information content (AvgIpc) is 2.34. The summed E-state index contributed by atoms with van der Waals surface area (Å²) < 4.78 is 0. The van der Waals surface area contributed by atoms with Crippen molar-refractivity contribution in [3.63, 3.8) is 0 Å². The third kappa shape index (κ3) is 3.17. The van der Waals surface area contributed by atoms with Gasteiger partial charge in [-0.1, -0.05) is 12.1 Å². The number of anilines is 1. The summed E-state index contributed by atoms with van der Waals surface area (Å²) in [6.45, 7) is 4.89. The maximum atomic E-state index is 5.72. The minimum absolute atomic E-state index is 0.260. The Labute approximate surface area is 108 Å². The molecule has 0 aliphatic heterocycles. The highest BCUT2D eigenvalue weighted by atomic mass is 15.0. The van der Waals surface area contributed by atoms with Gasteiger partial charge in [-0.3, -0.25) is 0 Å². The Hall–Kier alpha value is -1.68. The van der Waals surface area contributed by atoms with E-state index in [0.717, 1.165) is 41.9 Å². The molecule has 0 bridgehead atoms. The minimum atomic E-state index is 0.260. The normalized spacial score (nSPS) is 12.6. The molecule has 1 heterocycles. The number of fused-ring (bicyclic) bond motifs is 1. The van der Waals surface area contributed by atoms with Crippen molar-refractivity contribution >= 4 is 16.9 Å². The first kappa shape index (κ1) is 12.8. The summed E-state index contributed by atoms with van der Waals surface area (Å²) in [7, 11) is 0. The monoisotopic (exact) mass is 244 g/mol. The van der Waals surface area contributed by atoms with Crippen molar-refractivity contribution in [3.05, 3.63) is 30.0 Å². The molecule has 0 aliphatic rings. The van der Waals surface area contributed by atoms with Crippen molar-refractivity contribution in [1.82, 2.24) is 9.97 Å². The van der Waals surface area contributed by atoms with E-state index in [2.05, 4.69) is 15.3 Å². The molecule has 0 radical (unpaired) electrons. The number of hydrogen-bond acceptors (Lipinski definition) is 4. The fourth-order valence-electron chi connectivity index (χ4n) is 1.89. The molecular weight excluding hydrogens is 224 g/mol. The van der Waals surface area contributed by atoms with Crippen LogP contribution < -0.4 is 11.1 Å². The maximum Gasteiger partial charge on any atom is 0.148 e. The fourth-order valence-corrected chi connectivity index (χ4v) is 1.89. The van der Waals surface area contributed by atoms with Crippen LogP contribution in [-0.2, 0) is 0 Å². The molecule has 1 aromatic heterocycles. The highest BCUT2D eigenvalue weighted by Crippen LogP contribution is 2.15. The zero-order valence-electron chi connectivity index (χ0n) is 11.0. The van der Waals surface area contributed by atoms with Gasteiger partial charge < -0.3 is 11.1 Å². The summed E-state index contributed by atoms with van der Waals surface area (Å²) in [5.74, 6) is 0.873. The molecule has 4 nitrogen and oxygen atoms in total. The molecule has 0 saturated heterocycles. The van der Waals surface area contributed by atoms with Crippen molar-refractivity contribution in [3.8, 4) is 0 Å². The Morgan fingerprint density at radius 2 is 1.89 bits per heavy atom. The van der Waals surface area contributed by atoms with E-state index in [0.29, 0.717) is 0 Å². The summed E-state index contributed by atoms with van der Waals surface area (Å²) in [6.07, 6.45) is 2.07. The van der Waals surface area contributed by atoms with Gasteiger partial charge in [0, 0.05) is 12.6 Å². The number of hydrogen-bond donors (Lipinski definition) is 2. The lowest BCUT2D eigenvalue weighted by Gasteiger charge is -2.10. The minimum Gasteiger partial charge on any atom is -0.369 e. The molecule has 96 valence electrons. The van der Waals surface area contributed by atoms with Gasteiger partial charge in [0.2, 0.25) is 0 Å². The molecule has 0 saturated carbocycles. The number of aromatic nitrogens is 2. The summed E-state index contributed by atoms with van der Waals surface area (Å²) in [4.78, 5) is 9.13. The smallest absolute Gasteiger partial charge is 0.148 e. The molecule has 1 aromatic carbocycles. The van der Waals surface area contributed by atoms with E-state index in [4.69, 9.17) is 5.73 Å². The van der Waals surface area contributed by atoms with E-state index in [1.54, 1.807) is 0 Å².